The Bertz CT molecular complexity index is 1510. The average Bonchev–Trinajstić information content (AvgIpc) is 3.40. The first-order valence-electron chi connectivity index (χ1n) is 13.0. The van der Waals surface area contributed by atoms with Crippen molar-refractivity contribution in [3.05, 3.63) is 107 Å². The van der Waals surface area contributed by atoms with E-state index in [1.165, 1.54) is 16.8 Å². The zero-order valence-electron chi connectivity index (χ0n) is 22.4. The van der Waals surface area contributed by atoms with Crippen LogP contribution in [-0.4, -0.2) is 20.6 Å². The summed E-state index contributed by atoms with van der Waals surface area (Å²) < 4.78 is 2.31. The Morgan fingerprint density at radius 3 is 2.50 bits per heavy atom. The quantitative estimate of drug-likeness (QED) is 0.278. The largest absolute Gasteiger partial charge is 0.351 e. The topological polar surface area (TPSA) is 62.2 Å². The summed E-state index contributed by atoms with van der Waals surface area (Å²) in [6.07, 6.45) is 2.26. The van der Waals surface area contributed by atoms with Crippen molar-refractivity contribution in [2.24, 2.45) is 0 Å². The number of carbonyl (C=O) groups excluding carboxylic acids is 1. The van der Waals surface area contributed by atoms with Crippen molar-refractivity contribution in [1.29, 1.82) is 0 Å². The van der Waals surface area contributed by atoms with Gasteiger partial charge in [0.1, 0.15) is 0 Å². The van der Waals surface area contributed by atoms with Crippen LogP contribution in [0, 0.1) is 27.7 Å². The molecule has 194 valence electrons. The lowest BCUT2D eigenvalue weighted by Crippen LogP contribution is -2.29. The van der Waals surface area contributed by atoms with Crippen molar-refractivity contribution >= 4 is 34.6 Å². The number of nitrogens with zero attached hydrogens (tertiary/aromatic N) is 3. The minimum atomic E-state index is -0.130. The van der Waals surface area contributed by atoms with Crippen LogP contribution >= 0.6 is 12.2 Å². The monoisotopic (exact) mass is 523 g/mol. The lowest BCUT2D eigenvalue weighted by atomic mass is 9.96. The number of thiocarbonyl (C=S) groups is 1. The maximum absolute atomic E-state index is 12.0. The van der Waals surface area contributed by atoms with Crippen LogP contribution in [0.15, 0.2) is 72.9 Å². The highest BCUT2D eigenvalue weighted by molar-refractivity contribution is 7.80. The summed E-state index contributed by atoms with van der Waals surface area (Å²) in [5.74, 6) is -0.00380. The highest BCUT2D eigenvalue weighted by Gasteiger charge is 2.42. The molecule has 1 aliphatic heterocycles. The molecule has 0 radical (unpaired) electrons. The van der Waals surface area contributed by atoms with E-state index < -0.39 is 0 Å². The summed E-state index contributed by atoms with van der Waals surface area (Å²) in [7, 11) is 0. The van der Waals surface area contributed by atoms with Crippen LogP contribution < -0.4 is 15.5 Å². The predicted molar refractivity (Wildman–Crippen MR) is 158 cm³/mol. The lowest BCUT2D eigenvalue weighted by Gasteiger charge is -2.29. The molecule has 7 heteroatoms. The number of hydrogen-bond donors (Lipinski definition) is 2. The van der Waals surface area contributed by atoms with Gasteiger partial charge in [-0.2, -0.15) is 0 Å². The molecule has 0 spiro atoms. The first-order chi connectivity index (χ1) is 18.3. The van der Waals surface area contributed by atoms with Crippen LogP contribution in [0.3, 0.4) is 0 Å². The molecule has 0 aliphatic carbocycles. The maximum Gasteiger partial charge on any atom is 0.224 e. The van der Waals surface area contributed by atoms with Gasteiger partial charge in [0, 0.05) is 41.1 Å². The van der Waals surface area contributed by atoms with Gasteiger partial charge in [0.25, 0.3) is 0 Å². The second kappa shape index (κ2) is 10.4. The molecule has 1 saturated heterocycles. The fourth-order valence-electron chi connectivity index (χ4n) is 5.38. The van der Waals surface area contributed by atoms with Gasteiger partial charge in [0.2, 0.25) is 5.91 Å². The van der Waals surface area contributed by atoms with Crippen molar-refractivity contribution < 1.29 is 4.79 Å². The minimum absolute atomic E-state index is 0.00380. The lowest BCUT2D eigenvalue weighted by molar-refractivity contribution is -0.115. The molecule has 2 N–H and O–H groups in total. The number of benzene rings is 2. The molecule has 5 rings (SSSR count). The molecular weight excluding hydrogens is 490 g/mol. The van der Waals surface area contributed by atoms with E-state index in [0.29, 0.717) is 11.5 Å². The third-order valence-corrected chi connectivity index (χ3v) is 7.54. The van der Waals surface area contributed by atoms with Gasteiger partial charge in [0.05, 0.1) is 17.8 Å². The van der Waals surface area contributed by atoms with E-state index in [2.05, 4.69) is 77.3 Å². The summed E-state index contributed by atoms with van der Waals surface area (Å²) >= 11 is 5.95. The van der Waals surface area contributed by atoms with Crippen LogP contribution in [0.4, 0.5) is 11.4 Å². The van der Waals surface area contributed by atoms with E-state index in [0.717, 1.165) is 34.0 Å². The Morgan fingerprint density at radius 2 is 1.82 bits per heavy atom. The molecule has 2 atom stereocenters. The molecule has 0 saturated carbocycles. The molecular formula is C31H33N5OS. The SMILES string of the molecule is CCC(=O)Nc1ccc(N2C(=S)NC(c3ccccn3)C2c2cc(C)n(-c3cccc(C)c3)c2C)cc1C. The molecule has 0 bridgehead atoms. The van der Waals surface area contributed by atoms with Gasteiger partial charge < -0.3 is 20.1 Å². The second-order valence-corrected chi connectivity index (χ2v) is 10.3. The smallest absolute Gasteiger partial charge is 0.224 e. The van der Waals surface area contributed by atoms with E-state index in [1.54, 1.807) is 0 Å². The Kier molecular flexibility index (Phi) is 7.04. The number of amides is 1. The number of hydrogen-bond acceptors (Lipinski definition) is 3. The second-order valence-electron chi connectivity index (χ2n) is 9.90. The van der Waals surface area contributed by atoms with Crippen LogP contribution in [0.25, 0.3) is 5.69 Å². The van der Waals surface area contributed by atoms with Crippen LogP contribution in [0.1, 0.15) is 59.2 Å². The van der Waals surface area contributed by atoms with E-state index in [-0.39, 0.29) is 18.0 Å². The summed E-state index contributed by atoms with van der Waals surface area (Å²) in [5.41, 5.74) is 9.59. The molecule has 1 aliphatic rings. The van der Waals surface area contributed by atoms with Gasteiger partial charge in [-0.25, -0.2) is 0 Å². The Labute approximate surface area is 229 Å². The first-order valence-corrected chi connectivity index (χ1v) is 13.4. The van der Waals surface area contributed by atoms with Crippen LogP contribution in [0.5, 0.6) is 0 Å². The fraction of sp³-hybridized carbons (Fsp3) is 0.258. The van der Waals surface area contributed by atoms with Gasteiger partial charge in [-0.3, -0.25) is 9.78 Å². The summed E-state index contributed by atoms with van der Waals surface area (Å²) in [4.78, 5) is 18.9. The van der Waals surface area contributed by atoms with Gasteiger partial charge in [-0.1, -0.05) is 25.1 Å². The van der Waals surface area contributed by atoms with Crippen LogP contribution in [0.2, 0.25) is 0 Å². The summed E-state index contributed by atoms with van der Waals surface area (Å²) in [5, 5.41) is 7.20. The number of aromatic nitrogens is 2. The van der Waals surface area contributed by atoms with Crippen molar-refractivity contribution in [1.82, 2.24) is 14.9 Å². The standard InChI is InChI=1S/C31H33N5OS/c1-6-28(37)33-26-14-13-24(17-20(26)3)36-30(29(34-31(36)38)27-12-7-8-15-32-27)25-18-21(4)35(22(25)5)23-11-9-10-19(2)16-23/h7-18,29-30H,6H2,1-5H3,(H,33,37)(H,34,38). The highest BCUT2D eigenvalue weighted by Crippen LogP contribution is 2.44. The Morgan fingerprint density at radius 1 is 1.00 bits per heavy atom. The maximum atomic E-state index is 12.0. The molecule has 3 heterocycles. The normalized spacial score (nSPS) is 17.0. The van der Waals surface area contributed by atoms with E-state index >= 15 is 0 Å². The number of carbonyl (C=O) groups is 1. The Hall–Kier alpha value is -3.97. The van der Waals surface area contributed by atoms with Crippen molar-refractivity contribution in [3.8, 4) is 5.69 Å². The van der Waals surface area contributed by atoms with Crippen molar-refractivity contribution in [2.45, 2.75) is 53.1 Å². The predicted octanol–water partition coefficient (Wildman–Crippen LogP) is 6.63. The van der Waals surface area contributed by atoms with Crippen molar-refractivity contribution in [3.63, 3.8) is 0 Å². The third kappa shape index (κ3) is 4.70. The summed E-state index contributed by atoms with van der Waals surface area (Å²) in [6.45, 7) is 10.3. The molecule has 38 heavy (non-hydrogen) atoms. The number of aryl methyl sites for hydroxylation is 3. The third-order valence-electron chi connectivity index (χ3n) is 7.23. The van der Waals surface area contributed by atoms with E-state index in [1.807, 2.05) is 50.4 Å². The minimum Gasteiger partial charge on any atom is -0.351 e. The van der Waals surface area contributed by atoms with Crippen molar-refractivity contribution in [2.75, 3.05) is 10.2 Å². The highest BCUT2D eigenvalue weighted by atomic mass is 32.1. The van der Waals surface area contributed by atoms with Crippen LogP contribution in [-0.2, 0) is 4.79 Å². The number of nitrogens with one attached hydrogen (secondary N) is 2. The van der Waals surface area contributed by atoms with Gasteiger partial charge in [0.15, 0.2) is 5.11 Å². The molecule has 6 nitrogen and oxygen atoms in total. The Balaban J connectivity index is 1.64. The van der Waals surface area contributed by atoms with Gasteiger partial charge in [-0.15, -0.1) is 0 Å². The average molecular weight is 524 g/mol. The fourth-order valence-corrected chi connectivity index (χ4v) is 5.72. The summed E-state index contributed by atoms with van der Waals surface area (Å²) in [6, 6.07) is 22.7. The first kappa shape index (κ1) is 25.7. The van der Waals surface area contributed by atoms with E-state index in [9.17, 15) is 4.79 Å². The molecule has 4 aromatic rings. The number of anilines is 2. The molecule has 1 fully saturated rings. The van der Waals surface area contributed by atoms with Gasteiger partial charge in [-0.05, 0) is 105 Å². The molecule has 2 aromatic carbocycles. The zero-order chi connectivity index (χ0) is 27.0. The zero-order valence-corrected chi connectivity index (χ0v) is 23.3. The van der Waals surface area contributed by atoms with Gasteiger partial charge >= 0.3 is 0 Å². The molecule has 2 unspecified atom stereocenters. The molecule has 2 aromatic heterocycles. The molecule has 1 amide bonds. The number of rotatable bonds is 6. The van der Waals surface area contributed by atoms with E-state index in [4.69, 9.17) is 17.2 Å². The number of pyridine rings is 1.